The van der Waals surface area contributed by atoms with E-state index >= 15 is 0 Å². The van der Waals surface area contributed by atoms with Gasteiger partial charge in [-0.25, -0.2) is 9.78 Å². The molecule has 130 valence electrons. The number of carbonyl (C=O) groups is 1. The molecular weight excluding hydrogens is 310 g/mol. The molecule has 8 nitrogen and oxygen atoms in total. The third kappa shape index (κ3) is 3.00. The zero-order chi connectivity index (χ0) is 17.3. The molecule has 1 N–H and O–H groups in total. The van der Waals surface area contributed by atoms with Gasteiger partial charge in [0.15, 0.2) is 11.2 Å². The van der Waals surface area contributed by atoms with Crippen molar-refractivity contribution in [1.82, 2.24) is 24.0 Å². The Morgan fingerprint density at radius 2 is 1.96 bits per heavy atom. The number of aromatic nitrogens is 4. The van der Waals surface area contributed by atoms with Crippen molar-refractivity contribution in [3.8, 4) is 0 Å². The Kier molecular flexibility index (Phi) is 4.55. The quantitative estimate of drug-likeness (QED) is 0.850. The fraction of sp³-hybridized carbons (Fsp3) is 0.625. The van der Waals surface area contributed by atoms with Crippen molar-refractivity contribution in [3.63, 3.8) is 0 Å². The molecule has 1 fully saturated rings. The van der Waals surface area contributed by atoms with Crippen molar-refractivity contribution < 1.29 is 4.79 Å². The highest BCUT2D eigenvalue weighted by Gasteiger charge is 2.17. The van der Waals surface area contributed by atoms with Crippen LogP contribution in [0.25, 0.3) is 11.2 Å². The number of rotatable bonds is 5. The molecule has 0 unspecified atom stereocenters. The first kappa shape index (κ1) is 16.5. The molecule has 1 aliphatic rings. The van der Waals surface area contributed by atoms with Gasteiger partial charge >= 0.3 is 5.69 Å². The molecule has 0 atom stereocenters. The maximum absolute atomic E-state index is 12.3. The lowest BCUT2D eigenvalue weighted by Crippen LogP contribution is -2.37. The maximum atomic E-state index is 12.3. The largest absolute Gasteiger partial charge is 0.353 e. The van der Waals surface area contributed by atoms with Gasteiger partial charge in [-0.05, 0) is 19.3 Å². The lowest BCUT2D eigenvalue weighted by molar-refractivity contribution is -0.121. The highest BCUT2D eigenvalue weighted by atomic mass is 16.2. The van der Waals surface area contributed by atoms with E-state index in [9.17, 15) is 14.4 Å². The summed E-state index contributed by atoms with van der Waals surface area (Å²) in [6.45, 7) is 0.516. The first-order chi connectivity index (χ1) is 11.5. The molecule has 0 aromatic carbocycles. The number of nitrogens with zero attached hydrogens (tertiary/aromatic N) is 4. The molecule has 8 heteroatoms. The van der Waals surface area contributed by atoms with Gasteiger partial charge in [-0.15, -0.1) is 0 Å². The summed E-state index contributed by atoms with van der Waals surface area (Å²) in [7, 11) is 3.05. The van der Waals surface area contributed by atoms with E-state index in [0.29, 0.717) is 36.6 Å². The molecule has 3 rings (SSSR count). The molecule has 0 radical (unpaired) electrons. The van der Waals surface area contributed by atoms with Gasteiger partial charge in [0.2, 0.25) is 5.91 Å². The molecule has 1 aliphatic carbocycles. The maximum Gasteiger partial charge on any atom is 0.332 e. The number of hydrogen-bond acceptors (Lipinski definition) is 4. The molecule has 0 saturated heterocycles. The minimum Gasteiger partial charge on any atom is -0.353 e. The average Bonchev–Trinajstić information content (AvgIpc) is 3.20. The number of amides is 1. The Bertz CT molecular complexity index is 870. The Morgan fingerprint density at radius 1 is 1.25 bits per heavy atom. The zero-order valence-corrected chi connectivity index (χ0v) is 14.1. The lowest BCUT2D eigenvalue weighted by atomic mass is 10.2. The minimum atomic E-state index is -0.395. The number of imidazole rings is 1. The molecule has 1 amide bonds. The third-order valence-electron chi connectivity index (χ3n) is 4.74. The van der Waals surface area contributed by atoms with Crippen LogP contribution < -0.4 is 16.6 Å². The number of hydrogen-bond donors (Lipinski definition) is 1. The lowest BCUT2D eigenvalue weighted by Gasteiger charge is -2.12. The molecule has 0 spiro atoms. The summed E-state index contributed by atoms with van der Waals surface area (Å²) in [6, 6.07) is 0.327. The van der Waals surface area contributed by atoms with Crippen LogP contribution >= 0.6 is 0 Å². The van der Waals surface area contributed by atoms with Crippen molar-refractivity contribution in [1.29, 1.82) is 0 Å². The summed E-state index contributed by atoms with van der Waals surface area (Å²) < 4.78 is 4.16. The Balaban J connectivity index is 1.69. The fourth-order valence-corrected chi connectivity index (χ4v) is 3.35. The van der Waals surface area contributed by atoms with E-state index in [0.717, 1.165) is 17.4 Å². The molecule has 2 aromatic rings. The van der Waals surface area contributed by atoms with Crippen LogP contribution in [0.4, 0.5) is 0 Å². The van der Waals surface area contributed by atoms with Gasteiger partial charge in [-0.1, -0.05) is 12.8 Å². The van der Waals surface area contributed by atoms with Crippen LogP contribution in [0.15, 0.2) is 15.9 Å². The Hall–Kier alpha value is -2.38. The molecule has 2 heterocycles. The summed E-state index contributed by atoms with van der Waals surface area (Å²) in [5, 5.41) is 3.06. The van der Waals surface area contributed by atoms with Crippen LogP contribution in [0.5, 0.6) is 0 Å². The first-order valence-corrected chi connectivity index (χ1v) is 8.39. The van der Waals surface area contributed by atoms with Gasteiger partial charge in [0.1, 0.15) is 0 Å². The van der Waals surface area contributed by atoms with Gasteiger partial charge in [0.05, 0.1) is 6.33 Å². The summed E-state index contributed by atoms with van der Waals surface area (Å²) in [5.74, 6) is 0.0617. The molecule has 0 bridgehead atoms. The van der Waals surface area contributed by atoms with E-state index in [1.807, 2.05) is 0 Å². The standard InChI is InChI=1S/C16H23N5O3/c1-19-14-13(15(23)20(2)16(19)24)21(10-17-14)9-5-8-12(22)18-11-6-3-4-7-11/h10-11H,3-9H2,1-2H3,(H,18,22). The van der Waals surface area contributed by atoms with Gasteiger partial charge in [0, 0.05) is 33.1 Å². The van der Waals surface area contributed by atoms with Crippen molar-refractivity contribution in [2.24, 2.45) is 14.1 Å². The first-order valence-electron chi connectivity index (χ1n) is 8.39. The predicted molar refractivity (Wildman–Crippen MR) is 89.8 cm³/mol. The van der Waals surface area contributed by atoms with Gasteiger partial charge < -0.3 is 9.88 Å². The number of aryl methyl sites for hydroxylation is 2. The molecular formula is C16H23N5O3. The molecule has 24 heavy (non-hydrogen) atoms. The number of carbonyl (C=O) groups excluding carboxylic acids is 1. The third-order valence-corrected chi connectivity index (χ3v) is 4.74. The molecule has 2 aromatic heterocycles. The minimum absolute atomic E-state index is 0.0617. The average molecular weight is 333 g/mol. The smallest absolute Gasteiger partial charge is 0.332 e. The fourth-order valence-electron chi connectivity index (χ4n) is 3.35. The summed E-state index contributed by atoms with van der Waals surface area (Å²) >= 11 is 0. The SMILES string of the molecule is Cn1c(=O)c2c(ncn2CCCC(=O)NC2CCCC2)n(C)c1=O. The van der Waals surface area contributed by atoms with Crippen LogP contribution in [0, 0.1) is 0 Å². The van der Waals surface area contributed by atoms with Gasteiger partial charge in [0.25, 0.3) is 5.56 Å². The Labute approximate surface area is 139 Å². The predicted octanol–water partition coefficient (Wildman–Crippen LogP) is 0.273. The normalized spacial score (nSPS) is 15.2. The number of nitrogens with one attached hydrogen (secondary N) is 1. The number of fused-ring (bicyclic) bond motifs is 1. The van der Waals surface area contributed by atoms with Crippen molar-refractivity contribution in [3.05, 3.63) is 27.2 Å². The molecule has 1 saturated carbocycles. The summed E-state index contributed by atoms with van der Waals surface area (Å²) in [6.07, 6.45) is 7.12. The Morgan fingerprint density at radius 3 is 2.67 bits per heavy atom. The van der Waals surface area contributed by atoms with Crippen molar-refractivity contribution in [2.75, 3.05) is 0 Å². The van der Waals surface area contributed by atoms with Gasteiger partial charge in [-0.3, -0.25) is 18.7 Å². The van der Waals surface area contributed by atoms with Crippen LogP contribution in [-0.4, -0.2) is 30.6 Å². The topological polar surface area (TPSA) is 90.9 Å². The second kappa shape index (κ2) is 6.62. The van der Waals surface area contributed by atoms with Crippen LogP contribution in [0.2, 0.25) is 0 Å². The van der Waals surface area contributed by atoms with Gasteiger partial charge in [-0.2, -0.15) is 0 Å². The second-order valence-corrected chi connectivity index (χ2v) is 6.47. The van der Waals surface area contributed by atoms with Crippen LogP contribution in [0.3, 0.4) is 0 Å². The van der Waals surface area contributed by atoms with Crippen molar-refractivity contribution in [2.45, 2.75) is 51.1 Å². The highest BCUT2D eigenvalue weighted by molar-refractivity contribution is 5.76. The van der Waals surface area contributed by atoms with E-state index in [4.69, 9.17) is 0 Å². The van der Waals surface area contributed by atoms with Crippen molar-refractivity contribution >= 4 is 17.1 Å². The summed E-state index contributed by atoms with van der Waals surface area (Å²) in [4.78, 5) is 40.4. The van der Waals surface area contributed by atoms with E-state index in [2.05, 4.69) is 10.3 Å². The highest BCUT2D eigenvalue weighted by Crippen LogP contribution is 2.17. The molecule has 0 aliphatic heterocycles. The summed E-state index contributed by atoms with van der Waals surface area (Å²) in [5.41, 5.74) is 0.0176. The second-order valence-electron chi connectivity index (χ2n) is 6.47. The van der Waals surface area contributed by atoms with E-state index < -0.39 is 5.69 Å². The van der Waals surface area contributed by atoms with E-state index in [1.54, 1.807) is 17.9 Å². The van der Waals surface area contributed by atoms with Crippen LogP contribution in [0.1, 0.15) is 38.5 Å². The van der Waals surface area contributed by atoms with E-state index in [-0.39, 0.29) is 11.5 Å². The zero-order valence-electron chi connectivity index (χ0n) is 14.1. The monoisotopic (exact) mass is 333 g/mol. The van der Waals surface area contributed by atoms with Crippen LogP contribution in [-0.2, 0) is 25.4 Å². The van der Waals surface area contributed by atoms with E-state index in [1.165, 1.54) is 24.5 Å².